The van der Waals surface area contributed by atoms with Crippen LogP contribution in [0, 0.1) is 0 Å². The molecule has 12 aromatic rings. The van der Waals surface area contributed by atoms with Crippen molar-refractivity contribution in [3.63, 3.8) is 0 Å². The first kappa shape index (κ1) is 28.4. The molecule has 0 saturated carbocycles. The van der Waals surface area contributed by atoms with Gasteiger partial charge in [-0.15, -0.1) is 0 Å². The molecular weight excluding hydrogens is 653 g/mol. The number of hydrogen-bond donors (Lipinski definition) is 0. The summed E-state index contributed by atoms with van der Waals surface area (Å²) < 4.78 is 15.6. The number of para-hydroxylation sites is 4. The van der Waals surface area contributed by atoms with Gasteiger partial charge in [0.2, 0.25) is 5.95 Å². The Morgan fingerprint density at radius 3 is 1.92 bits per heavy atom. The van der Waals surface area contributed by atoms with E-state index in [0.717, 1.165) is 110 Å². The quantitative estimate of drug-likeness (QED) is 0.186. The molecule has 0 atom stereocenters. The Hall–Kier alpha value is -7.31. The van der Waals surface area contributed by atoms with Gasteiger partial charge in [-0.1, -0.05) is 103 Å². The molecule has 0 radical (unpaired) electrons. The van der Waals surface area contributed by atoms with Gasteiger partial charge in [-0.25, -0.2) is 9.97 Å². The van der Waals surface area contributed by atoms with E-state index in [0.29, 0.717) is 5.95 Å². The number of rotatable bonds is 3. The van der Waals surface area contributed by atoms with Gasteiger partial charge < -0.3 is 8.83 Å². The van der Waals surface area contributed by atoms with Gasteiger partial charge in [-0.2, -0.15) is 0 Å². The molecule has 0 saturated heterocycles. The Bertz CT molecular complexity index is 3450. The lowest BCUT2D eigenvalue weighted by atomic mass is 9.96. The lowest BCUT2D eigenvalue weighted by molar-refractivity contribution is 0.669. The normalized spacial score (nSPS) is 12.2. The van der Waals surface area contributed by atoms with Crippen molar-refractivity contribution in [2.24, 2.45) is 0 Å². The minimum atomic E-state index is 0.590. The zero-order valence-corrected chi connectivity index (χ0v) is 28.1. The first-order chi connectivity index (χ1) is 26.3. The number of pyridine rings is 1. The van der Waals surface area contributed by atoms with E-state index in [4.69, 9.17) is 18.8 Å². The van der Waals surface area contributed by atoms with Gasteiger partial charge in [-0.3, -0.25) is 9.55 Å². The number of hydrogen-bond acceptors (Lipinski definition) is 5. The van der Waals surface area contributed by atoms with E-state index >= 15 is 0 Å². The van der Waals surface area contributed by atoms with Crippen molar-refractivity contribution in [3.05, 3.63) is 158 Å². The van der Waals surface area contributed by atoms with E-state index in [2.05, 4.69) is 113 Å². The zero-order chi connectivity index (χ0) is 34.6. The largest absolute Gasteiger partial charge is 0.456 e. The number of benzene rings is 7. The molecule has 0 spiro atoms. The van der Waals surface area contributed by atoms with Gasteiger partial charge in [0, 0.05) is 60.4 Å². The van der Waals surface area contributed by atoms with E-state index in [1.807, 2.05) is 54.7 Å². The standard InChI is InChI=1S/C47H26N4O2/c1-5-16-35-29(11-1)44(28-22-20-27(21-23-28)34-15-9-10-26-48-34)50-47(49-35)51-36-17-6-2-12-30(36)43-45(51)33-24-25-39-40(31-13-3-7-18-37(31)52-39)41(33)42-32-14-4-8-19-38(32)53-46(42)43/h1-26H. The van der Waals surface area contributed by atoms with Crippen LogP contribution in [0.15, 0.2) is 167 Å². The van der Waals surface area contributed by atoms with Crippen LogP contribution in [0.4, 0.5) is 0 Å². The number of fused-ring (bicyclic) bond motifs is 15. The average Bonchev–Trinajstić information content (AvgIpc) is 3.91. The lowest BCUT2D eigenvalue weighted by Crippen LogP contribution is -2.04. The van der Waals surface area contributed by atoms with Gasteiger partial charge >= 0.3 is 0 Å². The van der Waals surface area contributed by atoms with Crippen molar-refractivity contribution >= 4 is 87.4 Å². The van der Waals surface area contributed by atoms with Crippen LogP contribution in [0.25, 0.3) is 116 Å². The van der Waals surface area contributed by atoms with Crippen LogP contribution in [-0.4, -0.2) is 19.5 Å². The third-order valence-corrected chi connectivity index (χ3v) is 10.7. The number of aromatic nitrogens is 4. The summed E-state index contributed by atoms with van der Waals surface area (Å²) in [4.78, 5) is 15.3. The Morgan fingerprint density at radius 1 is 0.434 bits per heavy atom. The fourth-order valence-corrected chi connectivity index (χ4v) is 8.39. The SMILES string of the molecule is c1ccc(-c2ccc(-c3nc(-n4c5ccccc5c5c6oc7ccccc7c6c6c(ccc7oc8ccccc8c76)c54)nc4ccccc34)cc2)nc1. The van der Waals surface area contributed by atoms with E-state index in [1.165, 1.54) is 0 Å². The second-order valence-electron chi connectivity index (χ2n) is 13.5. The number of furan rings is 2. The maximum absolute atomic E-state index is 6.89. The molecule has 0 aliphatic heterocycles. The monoisotopic (exact) mass is 678 g/mol. The summed E-state index contributed by atoms with van der Waals surface area (Å²) >= 11 is 0. The van der Waals surface area contributed by atoms with Gasteiger partial charge in [0.25, 0.3) is 0 Å². The fraction of sp³-hybridized carbons (Fsp3) is 0. The number of nitrogens with zero attached hydrogens (tertiary/aromatic N) is 4. The molecule has 0 aliphatic rings. The maximum atomic E-state index is 6.89. The van der Waals surface area contributed by atoms with E-state index in [9.17, 15) is 0 Å². The molecule has 7 aromatic carbocycles. The van der Waals surface area contributed by atoms with E-state index in [-0.39, 0.29) is 0 Å². The van der Waals surface area contributed by atoms with Gasteiger partial charge in [0.1, 0.15) is 22.3 Å². The van der Waals surface area contributed by atoms with Crippen LogP contribution in [0.3, 0.4) is 0 Å². The summed E-state index contributed by atoms with van der Waals surface area (Å²) in [7, 11) is 0. The highest BCUT2D eigenvalue weighted by molar-refractivity contribution is 6.40. The van der Waals surface area contributed by atoms with Crippen molar-refractivity contribution in [3.8, 4) is 28.5 Å². The smallest absolute Gasteiger partial charge is 0.235 e. The minimum Gasteiger partial charge on any atom is -0.456 e. The summed E-state index contributed by atoms with van der Waals surface area (Å²) in [6.07, 6.45) is 1.82. The second kappa shape index (κ2) is 10.6. The van der Waals surface area contributed by atoms with Crippen molar-refractivity contribution < 1.29 is 8.83 Å². The first-order valence-electron chi connectivity index (χ1n) is 17.7. The van der Waals surface area contributed by atoms with E-state index < -0.39 is 0 Å². The van der Waals surface area contributed by atoms with Crippen molar-refractivity contribution in [1.82, 2.24) is 19.5 Å². The highest BCUT2D eigenvalue weighted by atomic mass is 16.3. The molecule has 6 heteroatoms. The van der Waals surface area contributed by atoms with E-state index in [1.54, 1.807) is 0 Å². The fourth-order valence-electron chi connectivity index (χ4n) is 8.39. The van der Waals surface area contributed by atoms with Crippen molar-refractivity contribution in [2.45, 2.75) is 0 Å². The van der Waals surface area contributed by atoms with Crippen molar-refractivity contribution in [1.29, 1.82) is 0 Å². The molecule has 0 unspecified atom stereocenters. The molecule has 12 rings (SSSR count). The molecule has 0 fully saturated rings. The Kier molecular flexibility index (Phi) is 5.68. The van der Waals surface area contributed by atoms with Gasteiger partial charge in [-0.05, 0) is 48.5 Å². The minimum absolute atomic E-state index is 0.590. The predicted octanol–water partition coefficient (Wildman–Crippen LogP) is 12.4. The topological polar surface area (TPSA) is 69.9 Å². The third kappa shape index (κ3) is 3.94. The van der Waals surface area contributed by atoms with Crippen LogP contribution >= 0.6 is 0 Å². The van der Waals surface area contributed by atoms with Crippen LogP contribution in [0.1, 0.15) is 0 Å². The molecule has 0 aliphatic carbocycles. The van der Waals surface area contributed by atoms with Crippen molar-refractivity contribution in [2.75, 3.05) is 0 Å². The first-order valence-corrected chi connectivity index (χ1v) is 17.7. The molecule has 53 heavy (non-hydrogen) atoms. The molecule has 0 N–H and O–H groups in total. The molecule has 6 nitrogen and oxygen atoms in total. The summed E-state index contributed by atoms with van der Waals surface area (Å²) in [5.41, 5.74) is 10.1. The molecular formula is C47H26N4O2. The highest BCUT2D eigenvalue weighted by Gasteiger charge is 2.26. The third-order valence-electron chi connectivity index (χ3n) is 10.7. The molecule has 0 bridgehead atoms. The molecule has 246 valence electrons. The van der Waals surface area contributed by atoms with Crippen LogP contribution in [0.2, 0.25) is 0 Å². The molecule has 5 heterocycles. The summed E-state index contributed by atoms with van der Waals surface area (Å²) in [5, 5.41) is 9.55. The highest BCUT2D eigenvalue weighted by Crippen LogP contribution is 2.49. The average molecular weight is 679 g/mol. The van der Waals surface area contributed by atoms with Gasteiger partial charge in [0.15, 0.2) is 0 Å². The summed E-state index contributed by atoms with van der Waals surface area (Å²) in [6.45, 7) is 0. The van der Waals surface area contributed by atoms with Crippen LogP contribution in [-0.2, 0) is 0 Å². The Labute approximate surface area is 301 Å². The lowest BCUT2D eigenvalue weighted by Gasteiger charge is -2.13. The Balaban J connectivity index is 1.24. The molecule has 0 amide bonds. The Morgan fingerprint density at radius 2 is 1.11 bits per heavy atom. The summed E-state index contributed by atoms with van der Waals surface area (Å²) in [5.74, 6) is 0.590. The summed E-state index contributed by atoms with van der Waals surface area (Å²) in [6, 6.07) is 52.1. The second-order valence-corrected chi connectivity index (χ2v) is 13.5. The zero-order valence-electron chi connectivity index (χ0n) is 28.1. The van der Waals surface area contributed by atoms with Gasteiger partial charge in [0.05, 0.1) is 33.3 Å². The molecule has 5 aromatic heterocycles. The van der Waals surface area contributed by atoms with Crippen LogP contribution < -0.4 is 0 Å². The van der Waals surface area contributed by atoms with Crippen LogP contribution in [0.5, 0.6) is 0 Å². The maximum Gasteiger partial charge on any atom is 0.235 e. The predicted molar refractivity (Wildman–Crippen MR) is 215 cm³/mol.